The normalized spacial score (nSPS) is 13.8. The van der Waals surface area contributed by atoms with Crippen LogP contribution in [-0.4, -0.2) is 22.3 Å². The quantitative estimate of drug-likeness (QED) is 0.545. The predicted molar refractivity (Wildman–Crippen MR) is 113 cm³/mol. The van der Waals surface area contributed by atoms with Crippen LogP contribution in [0.2, 0.25) is 0 Å². The van der Waals surface area contributed by atoms with E-state index >= 15 is 0 Å². The molecule has 0 bridgehead atoms. The molecule has 0 aliphatic carbocycles. The predicted octanol–water partition coefficient (Wildman–Crippen LogP) is 5.32. The fourth-order valence-electron chi connectivity index (χ4n) is 2.77. The van der Waals surface area contributed by atoms with E-state index in [2.05, 4.69) is 0 Å². The lowest BCUT2D eigenvalue weighted by Crippen LogP contribution is -2.23. The van der Waals surface area contributed by atoms with Gasteiger partial charge in [-0.25, -0.2) is 0 Å². The smallest absolute Gasteiger partial charge is 0.119 e. The molecule has 2 atom stereocenters. The number of methoxy groups -OCH3 is 1. The van der Waals surface area contributed by atoms with Gasteiger partial charge in [-0.2, -0.15) is 0 Å². The Labute approximate surface area is 163 Å². The summed E-state index contributed by atoms with van der Waals surface area (Å²) in [5.74, 6) is 0.784. The maximum absolute atomic E-state index is 13.2. The second kappa shape index (κ2) is 8.78. The highest BCUT2D eigenvalue weighted by Gasteiger charge is 2.21. The standard InChI is InChI=1S/C23H23NO2S/c1-17-9-15-22(16-10-17)27(25)18(2)23(19-7-5-4-6-8-19)24-20-11-13-21(26-3)14-12-20/h4-16,18H,1-3H3. The summed E-state index contributed by atoms with van der Waals surface area (Å²) in [6, 6.07) is 25.3. The molecular weight excluding hydrogens is 354 g/mol. The highest BCUT2D eigenvalue weighted by atomic mass is 32.2. The molecular formula is C23H23NO2S. The first-order chi connectivity index (χ1) is 13.1. The van der Waals surface area contributed by atoms with E-state index in [0.717, 1.165) is 33.2 Å². The number of nitrogens with zero attached hydrogens (tertiary/aromatic N) is 1. The second-order valence-electron chi connectivity index (χ2n) is 6.31. The van der Waals surface area contributed by atoms with Gasteiger partial charge in [-0.3, -0.25) is 9.20 Å². The van der Waals surface area contributed by atoms with Crippen LogP contribution >= 0.6 is 0 Å². The molecule has 4 heteroatoms. The Balaban J connectivity index is 1.99. The van der Waals surface area contributed by atoms with Gasteiger partial charge in [0.25, 0.3) is 0 Å². The molecule has 0 radical (unpaired) electrons. The van der Waals surface area contributed by atoms with Crippen molar-refractivity contribution < 1.29 is 8.95 Å². The number of aliphatic imine (C=N–C) groups is 1. The van der Waals surface area contributed by atoms with Crippen molar-refractivity contribution in [2.24, 2.45) is 4.99 Å². The fraction of sp³-hybridized carbons (Fsp3) is 0.174. The van der Waals surface area contributed by atoms with Crippen molar-refractivity contribution in [1.29, 1.82) is 0 Å². The number of benzene rings is 3. The number of rotatable bonds is 6. The summed E-state index contributed by atoms with van der Waals surface area (Å²) in [6.45, 7) is 3.99. The number of aryl methyl sites for hydroxylation is 1. The fourth-order valence-corrected chi connectivity index (χ4v) is 3.98. The molecule has 2 unspecified atom stereocenters. The SMILES string of the molecule is COc1ccc(N=C(c2ccccc2)C(C)S(=O)c2ccc(C)cc2)cc1. The molecule has 0 N–H and O–H groups in total. The molecule has 3 nitrogen and oxygen atoms in total. The zero-order valence-electron chi connectivity index (χ0n) is 15.8. The Kier molecular flexibility index (Phi) is 6.20. The Bertz CT molecular complexity index is 932. The van der Waals surface area contributed by atoms with Gasteiger partial charge < -0.3 is 4.74 Å². The van der Waals surface area contributed by atoms with Crippen LogP contribution in [-0.2, 0) is 10.8 Å². The first kappa shape index (κ1) is 19.1. The van der Waals surface area contributed by atoms with Gasteiger partial charge in [-0.05, 0) is 55.8 Å². The summed E-state index contributed by atoms with van der Waals surface area (Å²) in [4.78, 5) is 5.65. The van der Waals surface area contributed by atoms with Gasteiger partial charge in [0.15, 0.2) is 0 Å². The lowest BCUT2D eigenvalue weighted by molar-refractivity contribution is 0.415. The molecule has 0 heterocycles. The van der Waals surface area contributed by atoms with E-state index in [0.29, 0.717) is 0 Å². The van der Waals surface area contributed by atoms with E-state index in [4.69, 9.17) is 9.73 Å². The van der Waals surface area contributed by atoms with Crippen LogP contribution in [0.15, 0.2) is 88.8 Å². The average Bonchev–Trinajstić information content (AvgIpc) is 2.72. The van der Waals surface area contributed by atoms with Crippen LogP contribution in [0.5, 0.6) is 5.75 Å². The van der Waals surface area contributed by atoms with Crippen LogP contribution in [0.4, 0.5) is 5.69 Å². The van der Waals surface area contributed by atoms with Crippen LogP contribution in [0.25, 0.3) is 0 Å². The minimum atomic E-state index is -1.20. The molecule has 27 heavy (non-hydrogen) atoms. The molecule has 3 rings (SSSR count). The van der Waals surface area contributed by atoms with E-state index in [1.807, 2.05) is 92.7 Å². The molecule has 0 aliphatic rings. The van der Waals surface area contributed by atoms with Gasteiger partial charge in [0, 0.05) is 4.90 Å². The van der Waals surface area contributed by atoms with Crippen molar-refractivity contribution in [2.45, 2.75) is 24.0 Å². The Hall–Kier alpha value is -2.72. The summed E-state index contributed by atoms with van der Waals surface area (Å²) in [7, 11) is 0.437. The third kappa shape index (κ3) is 4.72. The van der Waals surface area contributed by atoms with E-state index in [1.165, 1.54) is 0 Å². The molecule has 138 valence electrons. The number of hydrogen-bond acceptors (Lipinski definition) is 3. The third-order valence-electron chi connectivity index (χ3n) is 4.35. The maximum atomic E-state index is 13.2. The van der Waals surface area contributed by atoms with Crippen LogP contribution in [0.3, 0.4) is 0 Å². The molecule has 0 fully saturated rings. The number of hydrogen-bond donors (Lipinski definition) is 0. The monoisotopic (exact) mass is 377 g/mol. The van der Waals surface area contributed by atoms with Crippen LogP contribution in [0.1, 0.15) is 18.1 Å². The molecule has 3 aromatic rings. The van der Waals surface area contributed by atoms with E-state index < -0.39 is 10.8 Å². The lowest BCUT2D eigenvalue weighted by Gasteiger charge is -2.16. The molecule has 0 aromatic heterocycles. The van der Waals surface area contributed by atoms with Crippen LogP contribution < -0.4 is 4.74 Å². The van der Waals surface area contributed by atoms with Gasteiger partial charge in [-0.15, -0.1) is 0 Å². The zero-order valence-corrected chi connectivity index (χ0v) is 16.6. The van der Waals surface area contributed by atoms with Crippen molar-refractivity contribution in [3.8, 4) is 5.75 Å². The topological polar surface area (TPSA) is 38.7 Å². The molecule has 0 amide bonds. The van der Waals surface area contributed by atoms with Crippen molar-refractivity contribution in [3.63, 3.8) is 0 Å². The van der Waals surface area contributed by atoms with E-state index in [9.17, 15) is 4.21 Å². The average molecular weight is 378 g/mol. The van der Waals surface area contributed by atoms with Gasteiger partial charge in [-0.1, -0.05) is 48.0 Å². The second-order valence-corrected chi connectivity index (χ2v) is 8.09. The summed E-state index contributed by atoms with van der Waals surface area (Å²) in [5.41, 5.74) is 3.74. The van der Waals surface area contributed by atoms with Gasteiger partial charge in [0.1, 0.15) is 5.75 Å². The van der Waals surface area contributed by atoms with Crippen molar-refractivity contribution in [1.82, 2.24) is 0 Å². The highest BCUT2D eigenvalue weighted by molar-refractivity contribution is 7.86. The molecule has 3 aromatic carbocycles. The first-order valence-corrected chi connectivity index (χ1v) is 10.0. The Morgan fingerprint density at radius 3 is 2.15 bits per heavy atom. The molecule has 0 spiro atoms. The first-order valence-electron chi connectivity index (χ1n) is 8.84. The van der Waals surface area contributed by atoms with E-state index in [1.54, 1.807) is 7.11 Å². The van der Waals surface area contributed by atoms with Crippen molar-refractivity contribution in [3.05, 3.63) is 90.0 Å². The summed E-state index contributed by atoms with van der Waals surface area (Å²) < 4.78 is 18.4. The van der Waals surface area contributed by atoms with Crippen molar-refractivity contribution in [2.75, 3.05) is 7.11 Å². The summed E-state index contributed by atoms with van der Waals surface area (Å²) >= 11 is 0. The van der Waals surface area contributed by atoms with Gasteiger partial charge >= 0.3 is 0 Å². The lowest BCUT2D eigenvalue weighted by atomic mass is 10.1. The zero-order chi connectivity index (χ0) is 19.2. The molecule has 0 aliphatic heterocycles. The Morgan fingerprint density at radius 2 is 1.56 bits per heavy atom. The van der Waals surface area contributed by atoms with Crippen molar-refractivity contribution >= 4 is 22.2 Å². The molecule has 0 saturated heterocycles. The minimum Gasteiger partial charge on any atom is -0.497 e. The molecule has 0 saturated carbocycles. The Morgan fingerprint density at radius 1 is 0.926 bits per heavy atom. The third-order valence-corrected chi connectivity index (χ3v) is 5.95. The van der Waals surface area contributed by atoms with Gasteiger partial charge in [0.2, 0.25) is 0 Å². The minimum absolute atomic E-state index is 0.253. The largest absolute Gasteiger partial charge is 0.497 e. The van der Waals surface area contributed by atoms with Gasteiger partial charge in [0.05, 0.1) is 34.6 Å². The number of ether oxygens (including phenoxy) is 1. The highest BCUT2D eigenvalue weighted by Crippen LogP contribution is 2.23. The summed E-state index contributed by atoms with van der Waals surface area (Å²) in [6.07, 6.45) is 0. The van der Waals surface area contributed by atoms with E-state index in [-0.39, 0.29) is 5.25 Å². The maximum Gasteiger partial charge on any atom is 0.119 e. The summed E-state index contributed by atoms with van der Waals surface area (Å²) in [5, 5.41) is -0.253. The van der Waals surface area contributed by atoms with Crippen LogP contribution in [0, 0.1) is 6.92 Å².